The number of thioether (sulfide) groups is 1. The predicted octanol–water partition coefficient (Wildman–Crippen LogP) is 4.70. The topological polar surface area (TPSA) is 55.2 Å². The molecule has 0 bridgehead atoms. The first-order valence-corrected chi connectivity index (χ1v) is 9.60. The molecule has 1 aliphatic heterocycles. The maximum absolute atomic E-state index is 12.4. The van der Waals surface area contributed by atoms with Crippen molar-refractivity contribution in [1.82, 2.24) is 14.5 Å². The van der Waals surface area contributed by atoms with Crippen LogP contribution in [-0.2, 0) is 4.79 Å². The van der Waals surface area contributed by atoms with Gasteiger partial charge in [0.1, 0.15) is 0 Å². The molecule has 1 saturated heterocycles. The molecule has 0 saturated carbocycles. The highest BCUT2D eigenvalue weighted by molar-refractivity contribution is 8.18. The third kappa shape index (κ3) is 2.96. The quantitative estimate of drug-likeness (QED) is 0.621. The number of nitrogens with zero attached hydrogens (tertiary/aromatic N) is 3. The molecule has 1 aromatic carbocycles. The summed E-state index contributed by atoms with van der Waals surface area (Å²) in [6, 6.07) is 12.2. The minimum Gasteiger partial charge on any atom is -0.318 e. The molecule has 5 nitrogen and oxygen atoms in total. The highest BCUT2D eigenvalue weighted by atomic mass is 32.2. The van der Waals surface area contributed by atoms with Gasteiger partial charge in [0.25, 0.3) is 11.1 Å². The number of hydrogen-bond acceptors (Lipinski definition) is 4. The number of rotatable bonds is 3. The number of carbonyl (C=O) groups excluding carboxylic acids is 2. The summed E-state index contributed by atoms with van der Waals surface area (Å²) in [5, 5.41) is 0.873. The number of fused-ring (bicyclic) bond motifs is 1. The zero-order chi connectivity index (χ0) is 19.1. The third-order valence-corrected chi connectivity index (χ3v) is 5.70. The molecule has 136 valence electrons. The lowest BCUT2D eigenvalue weighted by atomic mass is 10.2. The summed E-state index contributed by atoms with van der Waals surface area (Å²) in [5.74, 6) is -0.214. The number of aromatic nitrogens is 2. The zero-order valence-corrected chi connectivity index (χ0v) is 16.2. The van der Waals surface area contributed by atoms with Gasteiger partial charge in [-0.1, -0.05) is 6.07 Å². The van der Waals surface area contributed by atoms with E-state index in [9.17, 15) is 9.59 Å². The SMILES string of the molecule is CCN1C(=O)S/C(=C/c2cc(C)n(-c3ccc4ncccc4c3)c2C)C1=O. The van der Waals surface area contributed by atoms with Crippen molar-refractivity contribution in [3.05, 3.63) is 64.5 Å². The van der Waals surface area contributed by atoms with Gasteiger partial charge in [0.15, 0.2) is 0 Å². The molecule has 0 atom stereocenters. The largest absolute Gasteiger partial charge is 0.318 e. The van der Waals surface area contributed by atoms with E-state index in [1.54, 1.807) is 13.1 Å². The van der Waals surface area contributed by atoms with Crippen LogP contribution in [0.3, 0.4) is 0 Å². The van der Waals surface area contributed by atoms with Gasteiger partial charge in [-0.05, 0) is 74.5 Å². The van der Waals surface area contributed by atoms with Crippen molar-refractivity contribution in [2.75, 3.05) is 6.54 Å². The van der Waals surface area contributed by atoms with Crippen molar-refractivity contribution < 1.29 is 9.59 Å². The van der Waals surface area contributed by atoms with E-state index >= 15 is 0 Å². The van der Waals surface area contributed by atoms with E-state index in [0.29, 0.717) is 11.4 Å². The van der Waals surface area contributed by atoms with Crippen molar-refractivity contribution in [3.8, 4) is 5.69 Å². The van der Waals surface area contributed by atoms with E-state index in [1.165, 1.54) is 4.90 Å². The van der Waals surface area contributed by atoms with E-state index in [2.05, 4.69) is 15.6 Å². The van der Waals surface area contributed by atoms with Crippen LogP contribution in [0, 0.1) is 13.8 Å². The monoisotopic (exact) mass is 377 g/mol. The van der Waals surface area contributed by atoms with Gasteiger partial charge >= 0.3 is 0 Å². The van der Waals surface area contributed by atoms with Crippen molar-refractivity contribution in [1.29, 1.82) is 0 Å². The van der Waals surface area contributed by atoms with Crippen LogP contribution in [0.5, 0.6) is 0 Å². The van der Waals surface area contributed by atoms with Gasteiger partial charge in [0.05, 0.1) is 10.4 Å². The van der Waals surface area contributed by atoms with E-state index in [-0.39, 0.29) is 11.1 Å². The molecule has 4 rings (SSSR count). The molecular formula is C21H19N3O2S. The minimum absolute atomic E-state index is 0.204. The lowest BCUT2D eigenvalue weighted by Crippen LogP contribution is -2.27. The summed E-state index contributed by atoms with van der Waals surface area (Å²) < 4.78 is 2.16. The second kappa shape index (κ2) is 6.70. The number of amides is 2. The van der Waals surface area contributed by atoms with Crippen molar-refractivity contribution in [3.63, 3.8) is 0 Å². The standard InChI is InChI=1S/C21H19N3O2S/c1-4-23-20(25)19(27-21(23)26)12-16-10-13(2)24(14(16)3)17-7-8-18-15(11-17)6-5-9-22-18/h5-12H,4H2,1-3H3/b19-12+. The van der Waals surface area contributed by atoms with Crippen LogP contribution < -0.4 is 0 Å². The molecule has 0 N–H and O–H groups in total. The maximum atomic E-state index is 12.4. The summed E-state index contributed by atoms with van der Waals surface area (Å²) >= 11 is 1.00. The van der Waals surface area contributed by atoms with Crippen LogP contribution >= 0.6 is 11.8 Å². The average molecular weight is 377 g/mol. The van der Waals surface area contributed by atoms with Crippen LogP contribution in [0.2, 0.25) is 0 Å². The van der Waals surface area contributed by atoms with E-state index in [0.717, 1.165) is 45.3 Å². The third-order valence-electron chi connectivity index (χ3n) is 4.79. The molecule has 6 heteroatoms. The molecule has 0 radical (unpaired) electrons. The number of hydrogen-bond donors (Lipinski definition) is 0. The predicted molar refractivity (Wildman–Crippen MR) is 109 cm³/mol. The number of likely N-dealkylation sites (N-methyl/N-ethyl adjacent to an activating group) is 1. The molecule has 2 aromatic heterocycles. The molecular weight excluding hydrogens is 358 g/mol. The van der Waals surface area contributed by atoms with Gasteiger partial charge in [-0.2, -0.15) is 0 Å². The van der Waals surface area contributed by atoms with E-state index in [1.807, 2.05) is 50.3 Å². The molecule has 3 heterocycles. The Morgan fingerprint density at radius 3 is 2.70 bits per heavy atom. The molecule has 0 unspecified atom stereocenters. The van der Waals surface area contributed by atoms with Crippen molar-refractivity contribution >= 4 is 39.9 Å². The fourth-order valence-electron chi connectivity index (χ4n) is 3.45. The lowest BCUT2D eigenvalue weighted by Gasteiger charge is -2.10. The Labute approximate surface area is 161 Å². The average Bonchev–Trinajstić information content (AvgIpc) is 3.09. The van der Waals surface area contributed by atoms with E-state index in [4.69, 9.17) is 0 Å². The summed E-state index contributed by atoms with van der Waals surface area (Å²) in [4.78, 5) is 30.4. The van der Waals surface area contributed by atoms with Gasteiger partial charge < -0.3 is 4.57 Å². The molecule has 3 aromatic rings. The number of pyridine rings is 1. The second-order valence-corrected chi connectivity index (χ2v) is 7.46. The normalized spacial score (nSPS) is 16.1. The van der Waals surface area contributed by atoms with Crippen LogP contribution in [0.4, 0.5) is 4.79 Å². The molecule has 1 aliphatic rings. The Bertz CT molecular complexity index is 1110. The van der Waals surface area contributed by atoms with Crippen molar-refractivity contribution in [2.24, 2.45) is 0 Å². The first-order valence-electron chi connectivity index (χ1n) is 8.79. The minimum atomic E-state index is -0.214. The fourth-order valence-corrected chi connectivity index (χ4v) is 4.34. The Hall–Kier alpha value is -2.86. The zero-order valence-electron chi connectivity index (χ0n) is 15.4. The Kier molecular flexibility index (Phi) is 4.36. The highest BCUT2D eigenvalue weighted by Gasteiger charge is 2.33. The summed E-state index contributed by atoms with van der Waals surface area (Å²) in [5.41, 5.74) is 5.04. The molecule has 27 heavy (non-hydrogen) atoms. The van der Waals surface area contributed by atoms with Crippen LogP contribution in [0.15, 0.2) is 47.5 Å². The smallest absolute Gasteiger partial charge is 0.293 e. The van der Waals surface area contributed by atoms with E-state index < -0.39 is 0 Å². The second-order valence-electron chi connectivity index (χ2n) is 6.47. The summed E-state index contributed by atoms with van der Waals surface area (Å²) in [6.45, 7) is 6.26. The maximum Gasteiger partial charge on any atom is 0.293 e. The Morgan fingerprint density at radius 2 is 1.96 bits per heavy atom. The number of benzene rings is 1. The Balaban J connectivity index is 1.77. The first kappa shape index (κ1) is 17.5. The van der Waals surface area contributed by atoms with Gasteiger partial charge in [0.2, 0.25) is 0 Å². The van der Waals surface area contributed by atoms with Crippen LogP contribution in [0.25, 0.3) is 22.7 Å². The van der Waals surface area contributed by atoms with Gasteiger partial charge in [-0.3, -0.25) is 19.5 Å². The van der Waals surface area contributed by atoms with Crippen LogP contribution in [-0.4, -0.2) is 32.1 Å². The molecule has 1 fully saturated rings. The highest BCUT2D eigenvalue weighted by Crippen LogP contribution is 2.33. The number of carbonyl (C=O) groups is 2. The number of aryl methyl sites for hydroxylation is 1. The van der Waals surface area contributed by atoms with Gasteiger partial charge in [-0.25, -0.2) is 0 Å². The molecule has 0 aliphatic carbocycles. The lowest BCUT2D eigenvalue weighted by molar-refractivity contribution is -0.122. The molecule has 2 amide bonds. The summed E-state index contributed by atoms with van der Waals surface area (Å²) in [7, 11) is 0. The summed E-state index contributed by atoms with van der Waals surface area (Å²) in [6.07, 6.45) is 3.61. The van der Waals surface area contributed by atoms with Gasteiger partial charge in [0, 0.05) is 35.2 Å². The number of imide groups is 1. The van der Waals surface area contributed by atoms with Gasteiger partial charge in [-0.15, -0.1) is 0 Å². The first-order chi connectivity index (χ1) is 13.0. The fraction of sp³-hybridized carbons (Fsp3) is 0.190. The van der Waals surface area contributed by atoms with Crippen LogP contribution in [0.1, 0.15) is 23.9 Å². The van der Waals surface area contributed by atoms with Crippen molar-refractivity contribution in [2.45, 2.75) is 20.8 Å². The molecule has 0 spiro atoms. The Morgan fingerprint density at radius 1 is 1.15 bits per heavy atom.